The van der Waals surface area contributed by atoms with Gasteiger partial charge in [-0.3, -0.25) is 4.79 Å². The number of carbonyl (C=O) groups excluding carboxylic acids is 2. The highest BCUT2D eigenvalue weighted by atomic mass is 16.5. The number of furan rings is 1. The second-order valence-electron chi connectivity index (χ2n) is 9.71. The number of nitrogens with zero attached hydrogens (tertiary/aromatic N) is 1. The maximum atomic E-state index is 13.4. The minimum Gasteiger partial charge on any atom is -0.453 e. The van der Waals surface area contributed by atoms with Crippen molar-refractivity contribution in [3.8, 4) is 5.75 Å². The first-order chi connectivity index (χ1) is 18.4. The number of fused-ring (bicyclic) bond motifs is 1. The van der Waals surface area contributed by atoms with Crippen molar-refractivity contribution in [2.45, 2.75) is 46.0 Å². The van der Waals surface area contributed by atoms with Crippen LogP contribution in [-0.2, 0) is 11.2 Å². The smallest absolute Gasteiger partial charge is 0.379 e. The Kier molecular flexibility index (Phi) is 7.22. The van der Waals surface area contributed by atoms with Gasteiger partial charge in [0, 0.05) is 17.5 Å². The second-order valence-corrected chi connectivity index (χ2v) is 9.71. The Hall–Kier alpha value is -4.45. The Bertz CT molecular complexity index is 1440. The summed E-state index contributed by atoms with van der Waals surface area (Å²) in [5.74, 6) is 0.0725. The third-order valence-corrected chi connectivity index (χ3v) is 6.75. The van der Waals surface area contributed by atoms with Crippen LogP contribution in [0.4, 0.5) is 0 Å². The fourth-order valence-corrected chi connectivity index (χ4v) is 5.09. The van der Waals surface area contributed by atoms with E-state index in [0.717, 1.165) is 34.2 Å². The molecular weight excluding hydrogens is 476 g/mol. The molecular formula is C32H30N2O4. The van der Waals surface area contributed by atoms with Gasteiger partial charge in [-0.2, -0.15) is 5.10 Å². The highest BCUT2D eigenvalue weighted by Gasteiger charge is 2.30. The van der Waals surface area contributed by atoms with E-state index in [1.165, 1.54) is 0 Å². The third-order valence-electron chi connectivity index (χ3n) is 6.75. The number of amides is 1. The van der Waals surface area contributed by atoms with E-state index in [9.17, 15) is 9.59 Å². The summed E-state index contributed by atoms with van der Waals surface area (Å²) >= 11 is 0. The highest BCUT2D eigenvalue weighted by molar-refractivity contribution is 6.06. The van der Waals surface area contributed by atoms with Gasteiger partial charge in [0.15, 0.2) is 0 Å². The lowest BCUT2D eigenvalue weighted by Gasteiger charge is -2.18. The summed E-state index contributed by atoms with van der Waals surface area (Å²) in [5.41, 5.74) is 8.74. The van der Waals surface area contributed by atoms with Crippen LogP contribution in [0.2, 0.25) is 0 Å². The van der Waals surface area contributed by atoms with E-state index in [-0.39, 0.29) is 11.7 Å². The molecule has 38 heavy (non-hydrogen) atoms. The molecule has 1 aromatic heterocycles. The lowest BCUT2D eigenvalue weighted by Crippen LogP contribution is -2.28. The first kappa shape index (κ1) is 25.2. The standard InChI is InChI=1S/C32H30N2O4/c1-20-17-21(2)19-25(18-20)37-32(36)30-22(3)28-26(15-10-16-27(28)38-30)33-34-31(35)29(23-11-6-4-7-12-23)24-13-8-5-9-14-24/h4-9,11-14,17-19,29H,10,15-16H2,1-3H3,(H,34,35)/b33-26+. The molecule has 0 spiro atoms. The molecule has 4 aromatic rings. The molecule has 0 radical (unpaired) electrons. The maximum absolute atomic E-state index is 13.4. The number of rotatable bonds is 6. The predicted octanol–water partition coefficient (Wildman–Crippen LogP) is 6.41. The van der Waals surface area contributed by atoms with Gasteiger partial charge in [-0.15, -0.1) is 0 Å². The highest BCUT2D eigenvalue weighted by Crippen LogP contribution is 2.31. The zero-order valence-electron chi connectivity index (χ0n) is 21.8. The monoisotopic (exact) mass is 506 g/mol. The number of esters is 1. The maximum Gasteiger partial charge on any atom is 0.379 e. The van der Waals surface area contributed by atoms with Crippen molar-refractivity contribution < 1.29 is 18.7 Å². The normalized spacial score (nSPS) is 13.8. The molecule has 192 valence electrons. The molecule has 1 N–H and O–H groups in total. The van der Waals surface area contributed by atoms with E-state index >= 15 is 0 Å². The molecule has 1 amide bonds. The summed E-state index contributed by atoms with van der Waals surface area (Å²) in [6.45, 7) is 5.75. The van der Waals surface area contributed by atoms with Crippen LogP contribution in [-0.4, -0.2) is 17.6 Å². The van der Waals surface area contributed by atoms with Crippen LogP contribution in [0.5, 0.6) is 5.75 Å². The summed E-state index contributed by atoms with van der Waals surface area (Å²) in [5, 5.41) is 4.54. The average Bonchev–Trinajstić information content (AvgIpc) is 3.25. The van der Waals surface area contributed by atoms with Gasteiger partial charge in [0.2, 0.25) is 5.76 Å². The molecule has 0 atom stereocenters. The Balaban J connectivity index is 1.40. The van der Waals surface area contributed by atoms with Crippen LogP contribution in [0.25, 0.3) is 0 Å². The number of hydrogen-bond acceptors (Lipinski definition) is 5. The summed E-state index contributed by atoms with van der Waals surface area (Å²) in [6, 6.07) is 25.0. The second kappa shape index (κ2) is 10.9. The summed E-state index contributed by atoms with van der Waals surface area (Å²) in [7, 11) is 0. The Morgan fingerprint density at radius 2 is 1.47 bits per heavy atom. The molecule has 1 aliphatic carbocycles. The van der Waals surface area contributed by atoms with Crippen molar-refractivity contribution in [1.82, 2.24) is 5.43 Å². The third kappa shape index (κ3) is 5.30. The molecule has 0 saturated carbocycles. The summed E-state index contributed by atoms with van der Waals surface area (Å²) in [4.78, 5) is 26.5. The topological polar surface area (TPSA) is 80.9 Å². The molecule has 0 bridgehead atoms. The molecule has 5 rings (SSSR count). The van der Waals surface area contributed by atoms with Gasteiger partial charge in [-0.05, 0) is 68.0 Å². The molecule has 6 heteroatoms. The van der Waals surface area contributed by atoms with Gasteiger partial charge >= 0.3 is 5.97 Å². The number of ether oxygens (including phenoxy) is 1. The minimum atomic E-state index is -0.543. The zero-order chi connectivity index (χ0) is 26.6. The fraction of sp³-hybridized carbons (Fsp3) is 0.219. The number of nitrogens with one attached hydrogen (secondary N) is 1. The van der Waals surface area contributed by atoms with E-state index in [2.05, 4.69) is 10.5 Å². The molecule has 1 aliphatic rings. The lowest BCUT2D eigenvalue weighted by molar-refractivity contribution is -0.121. The molecule has 6 nitrogen and oxygen atoms in total. The first-order valence-corrected chi connectivity index (χ1v) is 12.8. The molecule has 0 fully saturated rings. The van der Waals surface area contributed by atoms with Crippen LogP contribution < -0.4 is 10.2 Å². The van der Waals surface area contributed by atoms with Gasteiger partial charge in [0.25, 0.3) is 5.91 Å². The number of hydrazone groups is 1. The Morgan fingerprint density at radius 1 is 0.868 bits per heavy atom. The molecule has 0 saturated heterocycles. The number of carbonyl (C=O) groups is 2. The molecule has 1 heterocycles. The van der Waals surface area contributed by atoms with E-state index in [1.54, 1.807) is 0 Å². The van der Waals surface area contributed by atoms with Crippen molar-refractivity contribution in [3.05, 3.63) is 124 Å². The van der Waals surface area contributed by atoms with Gasteiger partial charge < -0.3 is 9.15 Å². The SMILES string of the molecule is Cc1cc(C)cc(OC(=O)c2oc3c(c2C)/C(=N/NC(=O)C(c2ccccc2)c2ccccc2)CCC3)c1. The van der Waals surface area contributed by atoms with Crippen molar-refractivity contribution in [1.29, 1.82) is 0 Å². The van der Waals surface area contributed by atoms with Crippen LogP contribution in [0.1, 0.15) is 68.5 Å². The van der Waals surface area contributed by atoms with E-state index in [0.29, 0.717) is 35.6 Å². The Morgan fingerprint density at radius 3 is 2.08 bits per heavy atom. The van der Waals surface area contributed by atoms with Crippen LogP contribution in [0.15, 0.2) is 88.4 Å². The first-order valence-electron chi connectivity index (χ1n) is 12.8. The van der Waals surface area contributed by atoms with Crippen molar-refractivity contribution in [2.24, 2.45) is 5.10 Å². The van der Waals surface area contributed by atoms with Crippen LogP contribution >= 0.6 is 0 Å². The summed E-state index contributed by atoms with van der Waals surface area (Å²) in [6.07, 6.45) is 2.16. The quantitative estimate of drug-likeness (QED) is 0.186. The Labute approximate surface area is 222 Å². The average molecular weight is 507 g/mol. The van der Waals surface area contributed by atoms with Crippen molar-refractivity contribution in [2.75, 3.05) is 0 Å². The van der Waals surface area contributed by atoms with Gasteiger partial charge in [0.1, 0.15) is 11.5 Å². The number of hydrogen-bond donors (Lipinski definition) is 1. The molecule has 0 aliphatic heterocycles. The molecule has 3 aromatic carbocycles. The minimum absolute atomic E-state index is 0.168. The van der Waals surface area contributed by atoms with Crippen LogP contribution in [0, 0.1) is 20.8 Å². The van der Waals surface area contributed by atoms with Gasteiger partial charge in [0.05, 0.1) is 11.6 Å². The van der Waals surface area contributed by atoms with E-state index < -0.39 is 11.9 Å². The summed E-state index contributed by atoms with van der Waals surface area (Å²) < 4.78 is 11.6. The van der Waals surface area contributed by atoms with E-state index in [1.807, 2.05) is 99.6 Å². The zero-order valence-corrected chi connectivity index (χ0v) is 21.8. The van der Waals surface area contributed by atoms with Gasteiger partial charge in [-0.1, -0.05) is 66.7 Å². The van der Waals surface area contributed by atoms with E-state index in [4.69, 9.17) is 9.15 Å². The molecule has 0 unspecified atom stereocenters. The van der Waals surface area contributed by atoms with Crippen molar-refractivity contribution in [3.63, 3.8) is 0 Å². The fourth-order valence-electron chi connectivity index (χ4n) is 5.09. The largest absolute Gasteiger partial charge is 0.453 e. The van der Waals surface area contributed by atoms with Gasteiger partial charge in [-0.25, -0.2) is 10.2 Å². The van der Waals surface area contributed by atoms with Crippen LogP contribution in [0.3, 0.4) is 0 Å². The lowest BCUT2D eigenvalue weighted by atomic mass is 9.91. The predicted molar refractivity (Wildman–Crippen MR) is 147 cm³/mol. The number of benzene rings is 3. The number of aryl methyl sites for hydroxylation is 3. The van der Waals surface area contributed by atoms with Crippen molar-refractivity contribution >= 4 is 17.6 Å².